The first-order valence-electron chi connectivity index (χ1n) is 9.13. The van der Waals surface area contributed by atoms with Crippen molar-refractivity contribution in [2.45, 2.75) is 55.4 Å². The molecular formula is C22H36N3W-. The van der Waals surface area contributed by atoms with Crippen LogP contribution in [0.15, 0.2) is 60.9 Å². The minimum absolute atomic E-state index is 0. The molecule has 3 aromatic rings. The molecule has 0 aliphatic rings. The Hall–Kier alpha value is -1.73. The molecule has 0 amide bonds. The van der Waals surface area contributed by atoms with Crippen LogP contribution in [-0.4, -0.2) is 14.8 Å². The summed E-state index contributed by atoms with van der Waals surface area (Å²) in [6, 6.07) is 18.7. The molecule has 4 heteroatoms. The van der Waals surface area contributed by atoms with Crippen LogP contribution in [0.25, 0.3) is 5.82 Å². The largest absolute Gasteiger partial charge is 0.237 e. The van der Waals surface area contributed by atoms with E-state index in [0.717, 1.165) is 11.5 Å². The van der Waals surface area contributed by atoms with Crippen molar-refractivity contribution < 1.29 is 22.5 Å². The zero-order valence-corrected chi connectivity index (χ0v) is 20.5. The average molecular weight is 526 g/mol. The summed E-state index contributed by atoms with van der Waals surface area (Å²) in [5.41, 5.74) is 2.29. The molecule has 0 atom stereocenters. The molecule has 0 bridgehead atoms. The summed E-state index contributed by atoms with van der Waals surface area (Å²) >= 11 is 0. The molecule has 0 aliphatic heterocycles. The van der Waals surface area contributed by atoms with Crippen LogP contribution in [0.4, 0.5) is 0 Å². The van der Waals surface area contributed by atoms with Gasteiger partial charge in [0, 0.05) is 40.6 Å². The first-order chi connectivity index (χ1) is 12.3. The molecule has 0 spiro atoms. The van der Waals surface area contributed by atoms with Crippen LogP contribution < -0.4 is 0 Å². The van der Waals surface area contributed by atoms with E-state index >= 15 is 0 Å². The molecular weight excluding hydrogens is 490 g/mol. The summed E-state index contributed by atoms with van der Waals surface area (Å²) in [6.07, 6.45) is 3.53. The van der Waals surface area contributed by atoms with Crippen LogP contribution >= 0.6 is 0 Å². The van der Waals surface area contributed by atoms with E-state index in [1.807, 2.05) is 104 Å². The van der Waals surface area contributed by atoms with Crippen LogP contribution in [0.2, 0.25) is 0 Å². The first-order valence-corrected chi connectivity index (χ1v) is 9.13. The molecule has 2 heterocycles. The van der Waals surface area contributed by atoms with Gasteiger partial charge in [0.2, 0.25) is 0 Å². The maximum atomic E-state index is 4.18. The Morgan fingerprint density at radius 1 is 0.808 bits per heavy atom. The fourth-order valence-electron chi connectivity index (χ4n) is 1.57. The van der Waals surface area contributed by atoms with Crippen molar-refractivity contribution in [1.29, 1.82) is 0 Å². The Morgan fingerprint density at radius 3 is 1.77 bits per heavy atom. The molecule has 26 heavy (non-hydrogen) atoms. The van der Waals surface area contributed by atoms with Gasteiger partial charge in [-0.05, 0) is 25.1 Å². The van der Waals surface area contributed by atoms with Crippen molar-refractivity contribution in [3.8, 4) is 5.82 Å². The van der Waals surface area contributed by atoms with Gasteiger partial charge in [-0.2, -0.15) is 41.0 Å². The number of aryl methyl sites for hydroxylation is 2. The Morgan fingerprint density at radius 2 is 1.42 bits per heavy atom. The smallest absolute Gasteiger partial charge is 0.153 e. The number of benzene rings is 1. The average Bonchev–Trinajstić information content (AvgIpc) is 3.14. The van der Waals surface area contributed by atoms with E-state index in [0.29, 0.717) is 0 Å². The van der Waals surface area contributed by atoms with Crippen molar-refractivity contribution >= 4 is 0 Å². The second kappa shape index (κ2) is 21.3. The second-order valence-corrected chi connectivity index (χ2v) is 4.12. The van der Waals surface area contributed by atoms with Crippen molar-refractivity contribution in [3.63, 3.8) is 0 Å². The van der Waals surface area contributed by atoms with Crippen LogP contribution in [-0.2, 0) is 21.1 Å². The van der Waals surface area contributed by atoms with Gasteiger partial charge in [0.15, 0.2) is 5.82 Å². The monoisotopic (exact) mass is 526 g/mol. The van der Waals surface area contributed by atoms with E-state index in [1.165, 1.54) is 5.56 Å². The van der Waals surface area contributed by atoms with E-state index in [2.05, 4.69) is 16.1 Å². The standard InChI is InChI=1S/C9H9N3.C7H7.3C2H6.W.H2/c1-8-5-7-11-12(8)9-4-2-3-6-10-9;1-7-5-3-2-4-6-7;3*1-2;;/h2-7H,1H3;2-5H,1H3;3*1-2H3;;1H/q;-1;;;;;. The van der Waals surface area contributed by atoms with Crippen LogP contribution in [0.3, 0.4) is 0 Å². The fraction of sp³-hybridized carbons (Fsp3) is 0.364. The van der Waals surface area contributed by atoms with Crippen LogP contribution in [0, 0.1) is 19.9 Å². The molecule has 3 rings (SSSR count). The normalized spacial score (nSPS) is 7.69. The molecule has 1 aromatic carbocycles. The quantitative estimate of drug-likeness (QED) is 0.331. The van der Waals surface area contributed by atoms with E-state index in [1.54, 1.807) is 17.1 Å². The SMILES string of the molecule is CC.CC.CC.Cc1[c-]cccc1.Cc1ccnn1-c1ccccn1.[HH].[W]. The Balaban J connectivity index is -0.000000154. The van der Waals surface area contributed by atoms with Gasteiger partial charge < -0.3 is 0 Å². The third-order valence-electron chi connectivity index (χ3n) is 2.56. The van der Waals surface area contributed by atoms with Crippen LogP contribution in [0.5, 0.6) is 0 Å². The molecule has 0 radical (unpaired) electrons. The summed E-state index contributed by atoms with van der Waals surface area (Å²) < 4.78 is 1.81. The van der Waals surface area contributed by atoms with Gasteiger partial charge in [0.05, 0.1) is 0 Å². The second-order valence-electron chi connectivity index (χ2n) is 4.12. The van der Waals surface area contributed by atoms with Crippen molar-refractivity contribution in [3.05, 3.63) is 78.2 Å². The zero-order chi connectivity index (χ0) is 19.5. The number of rotatable bonds is 1. The van der Waals surface area contributed by atoms with Gasteiger partial charge in [-0.25, -0.2) is 9.67 Å². The number of nitrogens with zero attached hydrogens (tertiary/aromatic N) is 3. The maximum absolute atomic E-state index is 4.18. The van der Waals surface area contributed by atoms with E-state index in [9.17, 15) is 0 Å². The van der Waals surface area contributed by atoms with Gasteiger partial charge >= 0.3 is 0 Å². The van der Waals surface area contributed by atoms with Gasteiger partial charge in [-0.1, -0.05) is 54.5 Å². The third kappa shape index (κ3) is 12.6. The predicted octanol–water partition coefficient (Wildman–Crippen LogP) is 6.69. The first kappa shape index (κ1) is 29.0. The third-order valence-corrected chi connectivity index (χ3v) is 2.56. The Kier molecular flexibility index (Phi) is 23.8. The number of pyridine rings is 1. The van der Waals surface area contributed by atoms with Crippen molar-refractivity contribution in [1.82, 2.24) is 14.8 Å². The summed E-state index contributed by atoms with van der Waals surface area (Å²) in [5, 5.41) is 4.14. The molecule has 0 saturated heterocycles. The zero-order valence-electron chi connectivity index (χ0n) is 17.5. The summed E-state index contributed by atoms with van der Waals surface area (Å²) in [6.45, 7) is 16.0. The summed E-state index contributed by atoms with van der Waals surface area (Å²) in [7, 11) is 0. The molecule has 0 N–H and O–H groups in total. The van der Waals surface area contributed by atoms with E-state index in [4.69, 9.17) is 0 Å². The fourth-order valence-corrected chi connectivity index (χ4v) is 1.57. The van der Waals surface area contributed by atoms with Gasteiger partial charge in [0.1, 0.15) is 0 Å². The Labute approximate surface area is 176 Å². The van der Waals surface area contributed by atoms with Gasteiger partial charge in [-0.15, -0.1) is 0 Å². The van der Waals surface area contributed by atoms with Crippen LogP contribution in [0.1, 0.15) is 54.2 Å². The minimum atomic E-state index is 0. The molecule has 0 unspecified atom stereocenters. The van der Waals surface area contributed by atoms with Crippen molar-refractivity contribution in [2.75, 3.05) is 0 Å². The maximum Gasteiger partial charge on any atom is 0.153 e. The minimum Gasteiger partial charge on any atom is -0.237 e. The number of hydrogen-bond donors (Lipinski definition) is 0. The molecule has 146 valence electrons. The molecule has 0 saturated carbocycles. The number of hydrogen-bond acceptors (Lipinski definition) is 2. The van der Waals surface area contributed by atoms with Gasteiger partial charge in [0.25, 0.3) is 0 Å². The molecule has 2 aromatic heterocycles. The summed E-state index contributed by atoms with van der Waals surface area (Å²) in [4.78, 5) is 4.18. The molecule has 3 nitrogen and oxygen atoms in total. The number of aromatic nitrogens is 3. The topological polar surface area (TPSA) is 30.7 Å². The van der Waals surface area contributed by atoms with E-state index in [-0.39, 0.29) is 22.5 Å². The molecule has 0 aliphatic carbocycles. The van der Waals surface area contributed by atoms with Crippen molar-refractivity contribution in [2.24, 2.45) is 0 Å². The van der Waals surface area contributed by atoms with E-state index < -0.39 is 0 Å². The Bertz CT molecular complexity index is 614. The van der Waals surface area contributed by atoms with Gasteiger partial charge in [-0.3, -0.25) is 0 Å². The predicted molar refractivity (Wildman–Crippen MR) is 112 cm³/mol. The summed E-state index contributed by atoms with van der Waals surface area (Å²) in [5.74, 6) is 0.861. The molecule has 0 fully saturated rings.